The van der Waals surface area contributed by atoms with Gasteiger partial charge < -0.3 is 15.0 Å². The number of nitrogens with one attached hydrogen (secondary N) is 1. The van der Waals surface area contributed by atoms with Crippen LogP contribution in [0, 0.1) is 52.3 Å². The van der Waals surface area contributed by atoms with Crippen LogP contribution in [0.3, 0.4) is 0 Å². The van der Waals surface area contributed by atoms with Crippen LogP contribution in [-0.4, -0.2) is 44.3 Å². The fourth-order valence-electron chi connectivity index (χ4n) is 9.97. The molecule has 0 bridgehead atoms. The Morgan fingerprint density at radius 2 is 1.84 bits per heavy atom. The van der Waals surface area contributed by atoms with E-state index in [-0.39, 0.29) is 12.2 Å². The molecule has 218 valence electrons. The van der Waals surface area contributed by atoms with Crippen molar-refractivity contribution in [1.82, 2.24) is 10.2 Å². The second-order valence-electron chi connectivity index (χ2n) is 15.0. The molecule has 4 rings (SSSR count). The van der Waals surface area contributed by atoms with Gasteiger partial charge in [0.25, 0.3) is 0 Å². The Bertz CT molecular complexity index is 836. The van der Waals surface area contributed by atoms with E-state index < -0.39 is 0 Å². The third-order valence-corrected chi connectivity index (χ3v) is 12.4. The Morgan fingerprint density at radius 1 is 1.08 bits per heavy atom. The van der Waals surface area contributed by atoms with Gasteiger partial charge in [-0.05, 0) is 118 Å². The van der Waals surface area contributed by atoms with Crippen LogP contribution in [0.25, 0.3) is 0 Å². The zero-order valence-corrected chi connectivity index (χ0v) is 26.2. The zero-order chi connectivity index (χ0) is 27.7. The summed E-state index contributed by atoms with van der Waals surface area (Å²) in [5, 5.41) is 2.93. The molecule has 3 fully saturated rings. The van der Waals surface area contributed by atoms with E-state index in [2.05, 4.69) is 57.8 Å². The number of allylic oxidation sites excluding steroid dienone is 1. The normalized spacial score (nSPS) is 38.2. The predicted octanol–water partition coefficient (Wildman–Crippen LogP) is 8.32. The van der Waals surface area contributed by atoms with Crippen molar-refractivity contribution in [3.8, 4) is 0 Å². The van der Waals surface area contributed by atoms with Crippen molar-refractivity contribution in [2.45, 2.75) is 118 Å². The Hall–Kier alpha value is -1.03. The van der Waals surface area contributed by atoms with Gasteiger partial charge in [0.1, 0.15) is 6.10 Å². The number of amides is 1. The van der Waals surface area contributed by atoms with Gasteiger partial charge in [0.2, 0.25) is 0 Å². The molecule has 3 saturated carbocycles. The number of alkyl carbamates (subject to hydrolysis) is 1. The van der Waals surface area contributed by atoms with Gasteiger partial charge in [-0.2, -0.15) is 0 Å². The molecule has 4 heteroatoms. The summed E-state index contributed by atoms with van der Waals surface area (Å²) in [6, 6.07) is 0. The number of rotatable bonds is 10. The van der Waals surface area contributed by atoms with E-state index in [1.165, 1.54) is 57.8 Å². The molecule has 9 atom stereocenters. The van der Waals surface area contributed by atoms with E-state index in [4.69, 9.17) is 4.74 Å². The van der Waals surface area contributed by atoms with E-state index in [1.807, 2.05) is 14.1 Å². The van der Waals surface area contributed by atoms with E-state index in [0.29, 0.717) is 17.4 Å². The lowest BCUT2D eigenvalue weighted by Gasteiger charge is -2.58. The van der Waals surface area contributed by atoms with Crippen molar-refractivity contribution in [1.29, 1.82) is 0 Å². The quantitative estimate of drug-likeness (QED) is 0.290. The summed E-state index contributed by atoms with van der Waals surface area (Å²) in [6.45, 7) is 16.5. The fourth-order valence-corrected chi connectivity index (χ4v) is 9.97. The minimum atomic E-state index is -0.243. The first-order chi connectivity index (χ1) is 18.0. The Balaban J connectivity index is 1.37. The smallest absolute Gasteiger partial charge is 0.407 e. The molecule has 0 aromatic rings. The molecule has 0 aromatic heterocycles. The van der Waals surface area contributed by atoms with Gasteiger partial charge in [-0.3, -0.25) is 0 Å². The summed E-state index contributed by atoms with van der Waals surface area (Å²) in [7, 11) is 4.04. The second kappa shape index (κ2) is 12.2. The van der Waals surface area contributed by atoms with Crippen LogP contribution in [0.4, 0.5) is 4.79 Å². The standard InChI is InChI=1S/C34H60N2O2/c1-9-25(23(2)3)11-10-24(4)29-14-15-30-28-13-12-26-22-27(38-32(37)35-20-21-36(7)8)16-18-33(26,5)31(28)17-19-34(29,30)6/h12,23-25,27-31H,9-11,13-22H2,1-8H3,(H,35,37)/t24-,25-,27+,28+,29-,30+,31?,33+,34-/m1/s1. The maximum Gasteiger partial charge on any atom is 0.407 e. The molecule has 0 heterocycles. The number of fused-ring (bicyclic) bond motifs is 5. The van der Waals surface area contributed by atoms with Crippen molar-refractivity contribution in [2.24, 2.45) is 52.3 Å². The molecular formula is C34H60N2O2. The van der Waals surface area contributed by atoms with Gasteiger partial charge in [0.05, 0.1) is 0 Å². The lowest BCUT2D eigenvalue weighted by molar-refractivity contribution is -0.0583. The minimum absolute atomic E-state index is 0.0357. The number of ether oxygens (including phenoxy) is 1. The van der Waals surface area contributed by atoms with Crippen molar-refractivity contribution < 1.29 is 9.53 Å². The third-order valence-electron chi connectivity index (χ3n) is 12.4. The van der Waals surface area contributed by atoms with Crippen molar-refractivity contribution in [3.05, 3.63) is 11.6 Å². The summed E-state index contributed by atoms with van der Waals surface area (Å²) in [5.41, 5.74) is 2.44. The molecule has 1 N–H and O–H groups in total. The first-order valence-corrected chi connectivity index (χ1v) is 16.3. The van der Waals surface area contributed by atoms with Gasteiger partial charge in [-0.15, -0.1) is 0 Å². The topological polar surface area (TPSA) is 41.6 Å². The number of carbonyl (C=O) groups is 1. The maximum absolute atomic E-state index is 12.4. The zero-order valence-electron chi connectivity index (χ0n) is 26.2. The van der Waals surface area contributed by atoms with E-state index in [0.717, 1.165) is 60.8 Å². The first-order valence-electron chi connectivity index (χ1n) is 16.3. The third kappa shape index (κ3) is 6.01. The van der Waals surface area contributed by atoms with Crippen molar-refractivity contribution in [2.75, 3.05) is 27.2 Å². The number of nitrogens with zero attached hydrogens (tertiary/aromatic N) is 1. The molecule has 0 aliphatic heterocycles. The molecular weight excluding hydrogens is 468 g/mol. The minimum Gasteiger partial charge on any atom is -0.446 e. The highest BCUT2D eigenvalue weighted by atomic mass is 16.6. The van der Waals surface area contributed by atoms with Crippen LogP contribution in [0.5, 0.6) is 0 Å². The molecule has 0 saturated heterocycles. The average molecular weight is 529 g/mol. The summed E-state index contributed by atoms with van der Waals surface area (Å²) < 4.78 is 5.88. The van der Waals surface area contributed by atoms with Gasteiger partial charge in [-0.1, -0.05) is 66.0 Å². The summed E-state index contributed by atoms with van der Waals surface area (Å²) >= 11 is 0. The monoisotopic (exact) mass is 528 g/mol. The summed E-state index contributed by atoms with van der Waals surface area (Å²) in [4.78, 5) is 14.4. The van der Waals surface area contributed by atoms with Crippen molar-refractivity contribution in [3.63, 3.8) is 0 Å². The summed E-state index contributed by atoms with van der Waals surface area (Å²) in [5.74, 6) is 6.04. The van der Waals surface area contributed by atoms with E-state index >= 15 is 0 Å². The van der Waals surface area contributed by atoms with Gasteiger partial charge in [0.15, 0.2) is 0 Å². The number of hydrogen-bond donors (Lipinski definition) is 1. The predicted molar refractivity (Wildman–Crippen MR) is 159 cm³/mol. The highest BCUT2D eigenvalue weighted by molar-refractivity contribution is 5.67. The lowest BCUT2D eigenvalue weighted by Crippen LogP contribution is -2.51. The first kappa shape index (κ1) is 29.9. The number of carbonyl (C=O) groups excluding carboxylic acids is 1. The lowest BCUT2D eigenvalue weighted by atomic mass is 9.47. The Kier molecular flexibility index (Phi) is 9.64. The maximum atomic E-state index is 12.4. The second-order valence-corrected chi connectivity index (χ2v) is 15.0. The molecule has 4 aliphatic rings. The molecule has 38 heavy (non-hydrogen) atoms. The number of likely N-dealkylation sites (N-methyl/N-ethyl adjacent to an activating group) is 1. The number of hydrogen-bond acceptors (Lipinski definition) is 3. The largest absolute Gasteiger partial charge is 0.446 e. The highest BCUT2D eigenvalue weighted by Crippen LogP contribution is 2.67. The Morgan fingerprint density at radius 3 is 2.53 bits per heavy atom. The SMILES string of the molecule is CC[C@H](CC[C@@H](C)[C@H]1CC[C@H]2[C@@H]3CC=C4C[C@@H](OC(=O)NCCN(C)C)CC[C@]4(C)C3CC[C@]12C)C(C)C. The van der Waals surface area contributed by atoms with Gasteiger partial charge >= 0.3 is 6.09 Å². The van der Waals surface area contributed by atoms with Crippen LogP contribution in [0.15, 0.2) is 11.6 Å². The molecule has 1 amide bonds. The molecule has 4 aliphatic carbocycles. The van der Waals surface area contributed by atoms with E-state index in [9.17, 15) is 4.79 Å². The molecule has 1 unspecified atom stereocenters. The van der Waals surface area contributed by atoms with Crippen LogP contribution in [0.1, 0.15) is 112 Å². The van der Waals surface area contributed by atoms with Crippen LogP contribution < -0.4 is 5.32 Å². The van der Waals surface area contributed by atoms with Gasteiger partial charge in [-0.25, -0.2) is 4.79 Å². The molecule has 0 aromatic carbocycles. The summed E-state index contributed by atoms with van der Waals surface area (Å²) in [6.07, 6.45) is 16.7. The molecule has 0 radical (unpaired) electrons. The van der Waals surface area contributed by atoms with E-state index in [1.54, 1.807) is 5.57 Å². The molecule has 4 nitrogen and oxygen atoms in total. The average Bonchev–Trinajstić information content (AvgIpc) is 3.21. The molecule has 0 spiro atoms. The fraction of sp³-hybridized carbons (Fsp3) is 0.912. The van der Waals surface area contributed by atoms with Crippen LogP contribution in [-0.2, 0) is 4.74 Å². The Labute approximate surface area is 235 Å². The van der Waals surface area contributed by atoms with Crippen molar-refractivity contribution >= 4 is 6.09 Å². The van der Waals surface area contributed by atoms with Crippen LogP contribution >= 0.6 is 0 Å². The van der Waals surface area contributed by atoms with Crippen LogP contribution in [0.2, 0.25) is 0 Å². The van der Waals surface area contributed by atoms with Gasteiger partial charge in [0, 0.05) is 19.5 Å². The highest BCUT2D eigenvalue weighted by Gasteiger charge is 2.59.